The van der Waals surface area contributed by atoms with Crippen molar-refractivity contribution in [1.82, 2.24) is 24.9 Å². The Labute approximate surface area is 280 Å². The second kappa shape index (κ2) is 14.5. The predicted octanol–water partition coefficient (Wildman–Crippen LogP) is 4.62. The number of benzene rings is 1. The van der Waals surface area contributed by atoms with Gasteiger partial charge in [-0.25, -0.2) is 9.59 Å². The standard InChI is InChI=1S/C34H44ClN7O3S/c1-2-24-18-23(19-28(35)31(24)36)20-29(32(43)40-13-7-26(8-14-40)39-11-4-3-5-12-39)37-33(44)41-15-9-27(10-16-41)42-17-6-25-21-46-22-30(25)38-34(42)45/h1,18-19,21-22,26-27,29H,3-17,20,36H2,(H,37,44)(H,38,45)/t29-/m1/s1. The number of amides is 5. The van der Waals surface area contributed by atoms with Crippen LogP contribution in [0.25, 0.3) is 0 Å². The topological polar surface area (TPSA) is 114 Å². The number of carbonyl (C=O) groups excluding carboxylic acids is 3. The zero-order valence-electron chi connectivity index (χ0n) is 26.3. The van der Waals surface area contributed by atoms with Gasteiger partial charge in [0.25, 0.3) is 0 Å². The summed E-state index contributed by atoms with van der Waals surface area (Å²) in [5.41, 5.74) is 9.67. The third kappa shape index (κ3) is 7.24. The highest BCUT2D eigenvalue weighted by Crippen LogP contribution is 2.29. The molecule has 4 N–H and O–H groups in total. The molecule has 3 saturated heterocycles. The highest BCUT2D eigenvalue weighted by Gasteiger charge is 2.35. The van der Waals surface area contributed by atoms with E-state index in [0.717, 1.165) is 43.6 Å². The van der Waals surface area contributed by atoms with E-state index in [1.165, 1.54) is 24.8 Å². The van der Waals surface area contributed by atoms with Crippen LogP contribution in [0.4, 0.5) is 21.0 Å². The third-order valence-corrected chi connectivity index (χ3v) is 11.2. The molecule has 46 heavy (non-hydrogen) atoms. The smallest absolute Gasteiger partial charge is 0.322 e. The highest BCUT2D eigenvalue weighted by molar-refractivity contribution is 7.08. The Balaban J connectivity index is 1.10. The Morgan fingerprint density at radius 1 is 1.00 bits per heavy atom. The number of nitrogens with zero attached hydrogens (tertiary/aromatic N) is 4. The molecular formula is C34H44ClN7O3S. The van der Waals surface area contributed by atoms with Gasteiger partial charge in [-0.15, -0.1) is 17.8 Å². The van der Waals surface area contributed by atoms with Gasteiger partial charge in [-0.2, -0.15) is 0 Å². The number of nitrogen functional groups attached to an aromatic ring is 1. The normalized spacial score (nSPS) is 20.8. The summed E-state index contributed by atoms with van der Waals surface area (Å²) >= 11 is 7.99. The maximum absolute atomic E-state index is 14.0. The number of piperidine rings is 3. The van der Waals surface area contributed by atoms with Crippen LogP contribution in [0.1, 0.15) is 61.6 Å². The summed E-state index contributed by atoms with van der Waals surface area (Å²) in [6.45, 7) is 5.27. The minimum atomic E-state index is -0.780. The Hall–Kier alpha value is -3.46. The number of nitrogens with one attached hydrogen (secondary N) is 2. The SMILES string of the molecule is C#Cc1cc(C[C@@H](NC(=O)N2CCC(N3CCc4cscc4NC3=O)CC2)C(=O)N2CCC(N3CCCCC3)CC2)cc(Cl)c1N. The van der Waals surface area contributed by atoms with E-state index >= 15 is 0 Å². The molecule has 4 aliphatic rings. The van der Waals surface area contributed by atoms with Crippen molar-refractivity contribution in [1.29, 1.82) is 0 Å². The maximum Gasteiger partial charge on any atom is 0.322 e. The molecule has 12 heteroatoms. The average Bonchev–Trinajstić information content (AvgIpc) is 3.46. The van der Waals surface area contributed by atoms with Crippen molar-refractivity contribution < 1.29 is 14.4 Å². The molecule has 0 spiro atoms. The summed E-state index contributed by atoms with van der Waals surface area (Å²) in [5.74, 6) is 2.48. The number of halogens is 1. The van der Waals surface area contributed by atoms with Crippen molar-refractivity contribution in [3.8, 4) is 12.3 Å². The van der Waals surface area contributed by atoms with Gasteiger partial charge >= 0.3 is 12.1 Å². The summed E-state index contributed by atoms with van der Waals surface area (Å²) in [7, 11) is 0. The number of thiophene rings is 1. The van der Waals surface area contributed by atoms with Gasteiger partial charge in [-0.05, 0) is 86.7 Å². The zero-order valence-corrected chi connectivity index (χ0v) is 27.9. The van der Waals surface area contributed by atoms with E-state index in [1.807, 2.05) is 15.2 Å². The lowest BCUT2D eigenvalue weighted by Gasteiger charge is -2.41. The molecule has 0 saturated carbocycles. The summed E-state index contributed by atoms with van der Waals surface area (Å²) in [6.07, 6.45) is 13.8. The van der Waals surface area contributed by atoms with E-state index in [4.69, 9.17) is 23.8 Å². The van der Waals surface area contributed by atoms with E-state index in [0.29, 0.717) is 67.9 Å². The Morgan fingerprint density at radius 3 is 2.41 bits per heavy atom. The summed E-state index contributed by atoms with van der Waals surface area (Å²) in [5, 5.41) is 10.5. The van der Waals surface area contributed by atoms with Crippen molar-refractivity contribution >= 4 is 52.3 Å². The number of carbonyl (C=O) groups is 3. The second-order valence-corrected chi connectivity index (χ2v) is 14.1. The molecule has 2 aromatic rings. The largest absolute Gasteiger partial charge is 0.397 e. The number of hydrogen-bond donors (Lipinski definition) is 3. The summed E-state index contributed by atoms with van der Waals surface area (Å²) in [6, 6.07) is 2.91. The monoisotopic (exact) mass is 665 g/mol. The molecule has 6 rings (SSSR count). The van der Waals surface area contributed by atoms with E-state index in [1.54, 1.807) is 28.4 Å². The first-order valence-electron chi connectivity index (χ1n) is 16.6. The molecule has 0 radical (unpaired) electrons. The van der Waals surface area contributed by atoms with E-state index in [9.17, 15) is 14.4 Å². The molecule has 5 heterocycles. The lowest BCUT2D eigenvalue weighted by molar-refractivity contribution is -0.134. The highest BCUT2D eigenvalue weighted by atomic mass is 35.5. The van der Waals surface area contributed by atoms with Crippen LogP contribution in [-0.4, -0.2) is 102 Å². The van der Waals surface area contributed by atoms with Crippen molar-refractivity contribution in [3.05, 3.63) is 44.6 Å². The fourth-order valence-electron chi connectivity index (χ4n) is 7.43. The number of nitrogens with two attached hydrogens (primary N) is 1. The number of anilines is 2. The first kappa shape index (κ1) is 32.5. The molecule has 0 bridgehead atoms. The van der Waals surface area contributed by atoms with E-state index in [2.05, 4.69) is 26.8 Å². The van der Waals surface area contributed by atoms with Gasteiger partial charge in [0, 0.05) is 62.2 Å². The van der Waals surface area contributed by atoms with Gasteiger partial charge in [0.1, 0.15) is 6.04 Å². The lowest BCUT2D eigenvalue weighted by atomic mass is 9.97. The molecule has 1 aromatic carbocycles. The van der Waals surface area contributed by atoms with Gasteiger partial charge in [0.05, 0.1) is 16.4 Å². The minimum absolute atomic E-state index is 0.0504. The van der Waals surface area contributed by atoms with Crippen molar-refractivity contribution in [2.24, 2.45) is 0 Å². The summed E-state index contributed by atoms with van der Waals surface area (Å²) in [4.78, 5) is 48.8. The number of urea groups is 2. The molecule has 246 valence electrons. The number of likely N-dealkylation sites (tertiary alicyclic amines) is 3. The fourth-order valence-corrected chi connectivity index (χ4v) is 8.49. The first-order valence-corrected chi connectivity index (χ1v) is 17.9. The van der Waals surface area contributed by atoms with Gasteiger partial charge in [-0.3, -0.25) is 4.79 Å². The Morgan fingerprint density at radius 2 is 1.70 bits per heavy atom. The molecule has 1 aromatic heterocycles. The molecule has 1 atom stereocenters. The Kier molecular flexibility index (Phi) is 10.3. The lowest BCUT2D eigenvalue weighted by Crippen LogP contribution is -2.57. The molecular weight excluding hydrogens is 622 g/mol. The van der Waals surface area contributed by atoms with Gasteiger partial charge in [0.2, 0.25) is 5.91 Å². The number of fused-ring (bicyclic) bond motifs is 1. The summed E-state index contributed by atoms with van der Waals surface area (Å²) < 4.78 is 0. The van der Waals surface area contributed by atoms with Crippen LogP contribution in [0, 0.1) is 12.3 Å². The first-order chi connectivity index (χ1) is 22.3. The van der Waals surface area contributed by atoms with Crippen molar-refractivity contribution in [3.63, 3.8) is 0 Å². The van der Waals surface area contributed by atoms with Crippen LogP contribution in [0.5, 0.6) is 0 Å². The van der Waals surface area contributed by atoms with Crippen molar-refractivity contribution in [2.45, 2.75) is 75.9 Å². The zero-order chi connectivity index (χ0) is 32.2. The molecule has 0 aliphatic carbocycles. The van der Waals surface area contributed by atoms with Gasteiger partial charge in [-0.1, -0.05) is 23.9 Å². The van der Waals surface area contributed by atoms with Crippen molar-refractivity contribution in [2.75, 3.05) is 56.9 Å². The van der Waals surface area contributed by atoms with Gasteiger partial charge < -0.3 is 36.0 Å². The maximum atomic E-state index is 14.0. The Bertz CT molecular complexity index is 1470. The minimum Gasteiger partial charge on any atom is -0.397 e. The molecule has 10 nitrogen and oxygen atoms in total. The second-order valence-electron chi connectivity index (χ2n) is 12.9. The quantitative estimate of drug-likeness (QED) is 0.308. The van der Waals surface area contributed by atoms with Crippen LogP contribution in [0.2, 0.25) is 5.02 Å². The predicted molar refractivity (Wildman–Crippen MR) is 183 cm³/mol. The number of terminal acetylenes is 1. The van der Waals surface area contributed by atoms with Crippen LogP contribution in [0.15, 0.2) is 22.9 Å². The van der Waals surface area contributed by atoms with Crippen LogP contribution in [0.3, 0.4) is 0 Å². The number of hydrogen-bond acceptors (Lipinski definition) is 6. The average molecular weight is 666 g/mol. The molecule has 5 amide bonds. The van der Waals surface area contributed by atoms with E-state index < -0.39 is 6.04 Å². The van der Waals surface area contributed by atoms with Gasteiger partial charge in [0.15, 0.2) is 0 Å². The van der Waals surface area contributed by atoms with E-state index in [-0.39, 0.29) is 30.4 Å². The molecule has 3 fully saturated rings. The van der Waals surface area contributed by atoms with Crippen LogP contribution >= 0.6 is 22.9 Å². The third-order valence-electron chi connectivity index (χ3n) is 10.1. The molecule has 4 aliphatic heterocycles. The van der Waals surface area contributed by atoms with Crippen LogP contribution in [-0.2, 0) is 17.6 Å². The fraction of sp³-hybridized carbons (Fsp3) is 0.559. The number of rotatable bonds is 6. The van der Waals surface area contributed by atoms with Crippen LogP contribution < -0.4 is 16.4 Å². The molecule has 0 unspecified atom stereocenters.